The van der Waals surface area contributed by atoms with Crippen molar-refractivity contribution < 1.29 is 19.8 Å². The number of carboxylic acids is 2. The SMILES string of the molecule is CC(C)(C)CCCCCC(=O)O.CC(C)(C)CCCCCC(=O)O.[Sn]. The van der Waals surface area contributed by atoms with Crippen LogP contribution in [-0.2, 0) is 9.59 Å². The van der Waals surface area contributed by atoms with Crippen LogP contribution in [0.5, 0.6) is 0 Å². The molecule has 0 spiro atoms. The molecular formula is C20H40O4Sn. The van der Waals surface area contributed by atoms with Crippen molar-refractivity contribution in [2.45, 2.75) is 106 Å². The predicted molar refractivity (Wildman–Crippen MR) is 106 cm³/mol. The summed E-state index contributed by atoms with van der Waals surface area (Å²) in [6.45, 7) is 13.3. The number of rotatable bonds is 10. The maximum Gasteiger partial charge on any atom is 0.303 e. The molecule has 4 nitrogen and oxygen atoms in total. The van der Waals surface area contributed by atoms with E-state index in [2.05, 4.69) is 41.5 Å². The Kier molecular flexibility index (Phi) is 18.8. The van der Waals surface area contributed by atoms with Crippen LogP contribution in [0.1, 0.15) is 106 Å². The minimum Gasteiger partial charge on any atom is -0.481 e. The molecule has 5 heteroatoms. The minimum absolute atomic E-state index is 0. The zero-order valence-corrected chi connectivity index (χ0v) is 20.1. The molecule has 0 amide bonds. The monoisotopic (exact) mass is 464 g/mol. The van der Waals surface area contributed by atoms with E-state index in [4.69, 9.17) is 10.2 Å². The van der Waals surface area contributed by atoms with E-state index in [1.807, 2.05) is 0 Å². The number of hydrogen-bond acceptors (Lipinski definition) is 2. The normalized spacial score (nSPS) is 11.1. The largest absolute Gasteiger partial charge is 0.481 e. The molecular weight excluding hydrogens is 423 g/mol. The Morgan fingerprint density at radius 2 is 0.880 bits per heavy atom. The molecule has 0 atom stereocenters. The van der Waals surface area contributed by atoms with Gasteiger partial charge in [-0.05, 0) is 36.5 Å². The van der Waals surface area contributed by atoms with Crippen molar-refractivity contribution in [1.29, 1.82) is 0 Å². The third kappa shape index (κ3) is 35.7. The maximum absolute atomic E-state index is 10.2. The summed E-state index contributed by atoms with van der Waals surface area (Å²) in [5, 5.41) is 16.7. The third-order valence-electron chi connectivity index (χ3n) is 3.63. The molecule has 4 radical (unpaired) electrons. The maximum atomic E-state index is 10.2. The average molecular weight is 463 g/mol. The molecule has 0 saturated carbocycles. The molecule has 0 aliphatic carbocycles. The van der Waals surface area contributed by atoms with Crippen molar-refractivity contribution in [3.05, 3.63) is 0 Å². The molecule has 0 rings (SSSR count). The molecule has 0 aliphatic rings. The van der Waals surface area contributed by atoms with Gasteiger partial charge in [-0.25, -0.2) is 0 Å². The van der Waals surface area contributed by atoms with E-state index in [1.165, 1.54) is 12.8 Å². The second kappa shape index (κ2) is 16.0. The van der Waals surface area contributed by atoms with Gasteiger partial charge in [0, 0.05) is 36.7 Å². The van der Waals surface area contributed by atoms with E-state index in [-0.39, 0.29) is 23.9 Å². The van der Waals surface area contributed by atoms with E-state index in [1.54, 1.807) is 0 Å². The van der Waals surface area contributed by atoms with Gasteiger partial charge in [0.25, 0.3) is 0 Å². The number of carboxylic acid groups (broad SMARTS) is 2. The van der Waals surface area contributed by atoms with Crippen LogP contribution in [0.4, 0.5) is 0 Å². The Bertz CT molecular complexity index is 307. The first-order chi connectivity index (χ1) is 10.8. The van der Waals surface area contributed by atoms with Crippen LogP contribution in [0.3, 0.4) is 0 Å². The molecule has 25 heavy (non-hydrogen) atoms. The van der Waals surface area contributed by atoms with E-state index >= 15 is 0 Å². The van der Waals surface area contributed by atoms with Crippen LogP contribution in [-0.4, -0.2) is 46.1 Å². The van der Waals surface area contributed by atoms with Crippen molar-refractivity contribution in [1.82, 2.24) is 0 Å². The summed E-state index contributed by atoms with van der Waals surface area (Å²) >= 11 is 0. The zero-order chi connectivity index (χ0) is 19.2. The van der Waals surface area contributed by atoms with Crippen molar-refractivity contribution in [3.8, 4) is 0 Å². The van der Waals surface area contributed by atoms with Gasteiger partial charge in [0.1, 0.15) is 0 Å². The van der Waals surface area contributed by atoms with Gasteiger partial charge in [0.05, 0.1) is 0 Å². The molecule has 0 fully saturated rings. The van der Waals surface area contributed by atoms with Gasteiger partial charge in [-0.1, -0.05) is 67.2 Å². The Balaban J connectivity index is -0.000000372. The fourth-order valence-corrected chi connectivity index (χ4v) is 2.22. The Morgan fingerprint density at radius 1 is 0.600 bits per heavy atom. The van der Waals surface area contributed by atoms with Crippen molar-refractivity contribution in [2.75, 3.05) is 0 Å². The standard InChI is InChI=1S/2C10H20O2.Sn/c2*1-10(2,3)8-6-4-5-7-9(11)12;/h2*4-8H2,1-3H3,(H,11,12);. The van der Waals surface area contributed by atoms with Crippen molar-refractivity contribution in [2.24, 2.45) is 10.8 Å². The van der Waals surface area contributed by atoms with Crippen LogP contribution >= 0.6 is 0 Å². The van der Waals surface area contributed by atoms with E-state index < -0.39 is 11.9 Å². The molecule has 0 unspecified atom stereocenters. The molecule has 148 valence electrons. The second-order valence-corrected chi connectivity index (χ2v) is 9.03. The van der Waals surface area contributed by atoms with Crippen molar-refractivity contribution >= 4 is 35.8 Å². The number of carbonyl (C=O) groups is 2. The van der Waals surface area contributed by atoms with Gasteiger partial charge in [0.2, 0.25) is 0 Å². The topological polar surface area (TPSA) is 74.6 Å². The van der Waals surface area contributed by atoms with Crippen LogP contribution in [0.2, 0.25) is 0 Å². The molecule has 0 heterocycles. The summed E-state index contributed by atoms with van der Waals surface area (Å²) in [6, 6.07) is 0. The molecule has 2 N–H and O–H groups in total. The first-order valence-electron chi connectivity index (χ1n) is 9.27. The van der Waals surface area contributed by atoms with Gasteiger partial charge in [-0.15, -0.1) is 0 Å². The number of aliphatic carboxylic acids is 2. The average Bonchev–Trinajstić information content (AvgIpc) is 2.35. The van der Waals surface area contributed by atoms with E-state index in [9.17, 15) is 9.59 Å². The summed E-state index contributed by atoms with van der Waals surface area (Å²) in [6.07, 6.45) is 9.06. The molecule has 0 aromatic rings. The molecule has 0 aliphatic heterocycles. The Hall–Kier alpha value is -0.261. The predicted octanol–water partition coefficient (Wildman–Crippen LogP) is 5.75. The van der Waals surface area contributed by atoms with Gasteiger partial charge in [-0.2, -0.15) is 0 Å². The second-order valence-electron chi connectivity index (χ2n) is 9.03. The summed E-state index contributed by atoms with van der Waals surface area (Å²) in [5.74, 6) is -1.35. The quantitative estimate of drug-likeness (QED) is 0.320. The summed E-state index contributed by atoms with van der Waals surface area (Å²) in [5.41, 5.74) is 0.784. The molecule has 0 aromatic heterocycles. The zero-order valence-electron chi connectivity index (χ0n) is 17.3. The van der Waals surface area contributed by atoms with Crippen LogP contribution in [0.15, 0.2) is 0 Å². The van der Waals surface area contributed by atoms with Gasteiger partial charge in [-0.3, -0.25) is 9.59 Å². The summed E-state index contributed by atoms with van der Waals surface area (Å²) < 4.78 is 0. The smallest absolute Gasteiger partial charge is 0.303 e. The van der Waals surface area contributed by atoms with E-state index in [0.717, 1.165) is 38.5 Å². The van der Waals surface area contributed by atoms with Crippen LogP contribution in [0.25, 0.3) is 0 Å². The molecule has 0 bridgehead atoms. The van der Waals surface area contributed by atoms with Gasteiger partial charge >= 0.3 is 11.9 Å². The fraction of sp³-hybridized carbons (Fsp3) is 0.900. The Morgan fingerprint density at radius 3 is 1.08 bits per heavy atom. The van der Waals surface area contributed by atoms with Gasteiger partial charge < -0.3 is 10.2 Å². The Labute approximate surface area is 172 Å². The van der Waals surface area contributed by atoms with Crippen LogP contribution < -0.4 is 0 Å². The van der Waals surface area contributed by atoms with E-state index in [0.29, 0.717) is 23.7 Å². The fourth-order valence-electron chi connectivity index (χ4n) is 2.22. The minimum atomic E-state index is -0.675. The first-order valence-corrected chi connectivity index (χ1v) is 9.27. The number of hydrogen-bond donors (Lipinski definition) is 2. The summed E-state index contributed by atoms with van der Waals surface area (Å²) in [4.78, 5) is 20.3. The summed E-state index contributed by atoms with van der Waals surface area (Å²) in [7, 11) is 0. The van der Waals surface area contributed by atoms with Crippen LogP contribution in [0, 0.1) is 10.8 Å². The first kappa shape index (κ1) is 29.5. The van der Waals surface area contributed by atoms with Gasteiger partial charge in [0.15, 0.2) is 0 Å². The molecule has 0 aromatic carbocycles. The number of unbranched alkanes of at least 4 members (excludes halogenated alkanes) is 4. The van der Waals surface area contributed by atoms with Crippen molar-refractivity contribution in [3.63, 3.8) is 0 Å². The molecule has 0 saturated heterocycles. The third-order valence-corrected chi connectivity index (χ3v) is 3.63.